The first-order valence-corrected chi connectivity index (χ1v) is 9.66. The van der Waals surface area contributed by atoms with Crippen molar-refractivity contribution in [2.24, 2.45) is 16.6 Å². The van der Waals surface area contributed by atoms with E-state index in [0.717, 1.165) is 4.88 Å². The molecule has 124 valence electrons. The first-order valence-electron chi connectivity index (χ1n) is 7.29. The molecule has 1 atom stereocenters. The summed E-state index contributed by atoms with van der Waals surface area (Å²) in [6.07, 6.45) is 0. The van der Waals surface area contributed by atoms with Crippen LogP contribution in [0.15, 0.2) is 57.7 Å². The average Bonchev–Trinajstić information content (AvgIpc) is 3.04. The van der Waals surface area contributed by atoms with Gasteiger partial charge in [-0.1, -0.05) is 38.1 Å². The summed E-state index contributed by atoms with van der Waals surface area (Å²) in [6.45, 7) is 4.27. The number of nitrogens with zero attached hydrogens (tertiary/aromatic N) is 1. The summed E-state index contributed by atoms with van der Waals surface area (Å²) in [5.74, 6) is 0.286. The molecule has 0 amide bonds. The van der Waals surface area contributed by atoms with E-state index >= 15 is 0 Å². The Morgan fingerprint density at radius 3 is 2.48 bits per heavy atom. The molecular weight excluding hydrogens is 330 g/mol. The van der Waals surface area contributed by atoms with Crippen LogP contribution in [-0.4, -0.2) is 20.3 Å². The molecule has 0 saturated carbocycles. The van der Waals surface area contributed by atoms with Crippen molar-refractivity contribution in [2.75, 3.05) is 0 Å². The lowest BCUT2D eigenvalue weighted by Crippen LogP contribution is -2.47. The zero-order chi connectivity index (χ0) is 16.9. The van der Waals surface area contributed by atoms with Gasteiger partial charge in [-0.2, -0.15) is 0 Å². The Kier molecular flexibility index (Phi) is 5.92. The molecule has 0 bridgehead atoms. The average molecular weight is 351 g/mol. The minimum Gasteiger partial charge on any atom is -0.386 e. The van der Waals surface area contributed by atoms with E-state index in [9.17, 15) is 8.42 Å². The molecule has 0 fully saturated rings. The minimum absolute atomic E-state index is 0.0134. The fraction of sp³-hybridized carbons (Fsp3) is 0.312. The number of thiophene rings is 1. The highest BCUT2D eigenvalue weighted by Gasteiger charge is 2.25. The molecule has 0 aliphatic heterocycles. The molecule has 23 heavy (non-hydrogen) atoms. The molecule has 1 aromatic carbocycles. The quantitative estimate of drug-likeness (QED) is 0.594. The van der Waals surface area contributed by atoms with Crippen molar-refractivity contribution in [3.05, 3.63) is 52.7 Å². The Labute approximate surface area is 141 Å². The minimum atomic E-state index is -3.63. The number of benzene rings is 1. The van der Waals surface area contributed by atoms with E-state index in [-0.39, 0.29) is 10.8 Å². The van der Waals surface area contributed by atoms with E-state index in [2.05, 4.69) is 9.71 Å². The molecule has 3 N–H and O–H groups in total. The zero-order valence-electron chi connectivity index (χ0n) is 13.1. The number of rotatable bonds is 7. The van der Waals surface area contributed by atoms with Crippen molar-refractivity contribution in [3.8, 4) is 0 Å². The fourth-order valence-electron chi connectivity index (χ4n) is 2.04. The van der Waals surface area contributed by atoms with Crippen molar-refractivity contribution < 1.29 is 8.42 Å². The van der Waals surface area contributed by atoms with E-state index < -0.39 is 16.1 Å². The molecular formula is C16H21N3O2S2. The normalized spacial score (nSPS) is 14.1. The summed E-state index contributed by atoms with van der Waals surface area (Å²) in [5, 5.41) is 1.97. The maximum absolute atomic E-state index is 12.5. The van der Waals surface area contributed by atoms with Crippen LogP contribution in [0.4, 0.5) is 0 Å². The van der Waals surface area contributed by atoms with Gasteiger partial charge in [-0.3, -0.25) is 4.99 Å². The van der Waals surface area contributed by atoms with Crippen LogP contribution in [0.1, 0.15) is 18.7 Å². The number of hydrogen-bond donors (Lipinski definition) is 2. The standard InChI is InChI=1S/C16H21N3O2S2/c1-12(2)15(16(17)18-11-13-7-6-10-22-13)19-23(20,21)14-8-4-3-5-9-14/h3-10,12,15,19H,11H2,1-2H3,(H2,17,18). The summed E-state index contributed by atoms with van der Waals surface area (Å²) in [4.78, 5) is 5.65. The largest absolute Gasteiger partial charge is 0.386 e. The monoisotopic (exact) mass is 351 g/mol. The highest BCUT2D eigenvalue weighted by atomic mass is 32.2. The summed E-state index contributed by atoms with van der Waals surface area (Å²) >= 11 is 1.59. The molecule has 0 saturated heterocycles. The van der Waals surface area contributed by atoms with Crippen molar-refractivity contribution in [1.29, 1.82) is 0 Å². The number of amidine groups is 1. The van der Waals surface area contributed by atoms with E-state index in [1.165, 1.54) is 0 Å². The smallest absolute Gasteiger partial charge is 0.241 e. The molecule has 1 unspecified atom stereocenters. The zero-order valence-corrected chi connectivity index (χ0v) is 14.8. The maximum atomic E-state index is 12.5. The van der Waals surface area contributed by atoms with Gasteiger partial charge in [0.2, 0.25) is 10.0 Å². The van der Waals surface area contributed by atoms with E-state index in [4.69, 9.17) is 5.73 Å². The third-order valence-corrected chi connectivity index (χ3v) is 5.64. The van der Waals surface area contributed by atoms with Gasteiger partial charge in [-0.15, -0.1) is 11.3 Å². The van der Waals surface area contributed by atoms with Gasteiger partial charge in [0.1, 0.15) is 5.84 Å². The third kappa shape index (κ3) is 4.89. The van der Waals surface area contributed by atoms with Crippen molar-refractivity contribution in [3.63, 3.8) is 0 Å². The molecule has 0 spiro atoms. The second-order valence-corrected chi connectivity index (χ2v) is 8.22. The third-order valence-electron chi connectivity index (χ3n) is 3.32. The molecule has 0 aliphatic rings. The molecule has 0 radical (unpaired) electrons. The molecule has 1 heterocycles. The lowest BCUT2D eigenvalue weighted by atomic mass is 10.1. The molecule has 2 aromatic rings. The van der Waals surface area contributed by atoms with E-state index in [1.54, 1.807) is 41.7 Å². The van der Waals surface area contributed by atoms with E-state index in [1.807, 2.05) is 31.4 Å². The van der Waals surface area contributed by atoms with Gasteiger partial charge >= 0.3 is 0 Å². The van der Waals surface area contributed by atoms with Gasteiger partial charge in [0.15, 0.2) is 0 Å². The van der Waals surface area contributed by atoms with Gasteiger partial charge in [-0.05, 0) is 29.5 Å². The number of hydrogen-bond acceptors (Lipinski definition) is 4. The number of nitrogens with two attached hydrogens (primary N) is 1. The Bertz CT molecular complexity index is 739. The van der Waals surface area contributed by atoms with Gasteiger partial charge in [0.05, 0.1) is 17.5 Å². The van der Waals surface area contributed by atoms with E-state index in [0.29, 0.717) is 12.4 Å². The predicted octanol–water partition coefficient (Wildman–Crippen LogP) is 2.61. The van der Waals surface area contributed by atoms with Crippen molar-refractivity contribution >= 4 is 27.2 Å². The first-order chi connectivity index (χ1) is 10.9. The molecule has 5 nitrogen and oxygen atoms in total. The molecule has 2 rings (SSSR count). The Hall–Kier alpha value is -1.70. The van der Waals surface area contributed by atoms with Crippen molar-refractivity contribution in [1.82, 2.24) is 4.72 Å². The summed E-state index contributed by atoms with van der Waals surface area (Å²) in [7, 11) is -3.63. The van der Waals surface area contributed by atoms with Crippen LogP contribution in [0, 0.1) is 5.92 Å². The van der Waals surface area contributed by atoms with Gasteiger partial charge < -0.3 is 5.73 Å². The fourth-order valence-corrected chi connectivity index (χ4v) is 4.05. The lowest BCUT2D eigenvalue weighted by Gasteiger charge is -2.22. The molecule has 0 aliphatic carbocycles. The summed E-state index contributed by atoms with van der Waals surface area (Å²) in [6, 6.07) is 11.6. The molecule has 1 aromatic heterocycles. The topological polar surface area (TPSA) is 84.5 Å². The van der Waals surface area contributed by atoms with Crippen LogP contribution in [-0.2, 0) is 16.6 Å². The van der Waals surface area contributed by atoms with Crippen LogP contribution >= 0.6 is 11.3 Å². The Morgan fingerprint density at radius 2 is 1.91 bits per heavy atom. The summed E-state index contributed by atoms with van der Waals surface area (Å²) < 4.78 is 27.6. The van der Waals surface area contributed by atoms with Crippen LogP contribution in [0.25, 0.3) is 0 Å². The Balaban J connectivity index is 2.17. The first kappa shape index (κ1) is 17.7. The summed E-state index contributed by atoms with van der Waals surface area (Å²) in [5.41, 5.74) is 6.05. The Morgan fingerprint density at radius 1 is 1.22 bits per heavy atom. The van der Waals surface area contributed by atoms with Crippen LogP contribution < -0.4 is 10.5 Å². The van der Waals surface area contributed by atoms with Crippen molar-refractivity contribution in [2.45, 2.75) is 31.3 Å². The highest BCUT2D eigenvalue weighted by molar-refractivity contribution is 7.89. The van der Waals surface area contributed by atoms with Crippen LogP contribution in [0.2, 0.25) is 0 Å². The number of sulfonamides is 1. The van der Waals surface area contributed by atoms with Gasteiger partial charge in [0, 0.05) is 4.88 Å². The predicted molar refractivity (Wildman–Crippen MR) is 95.0 cm³/mol. The van der Waals surface area contributed by atoms with Gasteiger partial charge in [-0.25, -0.2) is 13.1 Å². The second kappa shape index (κ2) is 7.72. The van der Waals surface area contributed by atoms with Crippen LogP contribution in [0.3, 0.4) is 0 Å². The highest BCUT2D eigenvalue weighted by Crippen LogP contribution is 2.13. The SMILES string of the molecule is CC(C)C(NS(=O)(=O)c1ccccc1)C(N)=NCc1cccs1. The van der Waals surface area contributed by atoms with Crippen LogP contribution in [0.5, 0.6) is 0 Å². The number of aliphatic imine (C=N–C) groups is 1. The maximum Gasteiger partial charge on any atom is 0.241 e. The van der Waals surface area contributed by atoms with Gasteiger partial charge in [0.25, 0.3) is 0 Å². The number of nitrogens with one attached hydrogen (secondary N) is 1. The molecule has 7 heteroatoms. The second-order valence-electron chi connectivity index (χ2n) is 5.48. The lowest BCUT2D eigenvalue weighted by molar-refractivity contribution is 0.522.